The summed E-state index contributed by atoms with van der Waals surface area (Å²) in [5.74, 6) is -2.13. The van der Waals surface area contributed by atoms with Crippen LogP contribution in [0.25, 0.3) is 0 Å². The number of halogens is 3. The summed E-state index contributed by atoms with van der Waals surface area (Å²) < 4.78 is 48.8. The van der Waals surface area contributed by atoms with Crippen LogP contribution in [-0.2, 0) is 10.9 Å². The van der Waals surface area contributed by atoms with E-state index in [0.29, 0.717) is 6.07 Å². The monoisotopic (exact) mass is 303 g/mol. The summed E-state index contributed by atoms with van der Waals surface area (Å²) in [5, 5.41) is 10.7. The van der Waals surface area contributed by atoms with Crippen molar-refractivity contribution in [1.82, 2.24) is 0 Å². The Morgan fingerprint density at radius 2 is 1.95 bits per heavy atom. The molecule has 7 heteroatoms. The van der Waals surface area contributed by atoms with Gasteiger partial charge in [-0.25, -0.2) is 0 Å². The van der Waals surface area contributed by atoms with Gasteiger partial charge in [0, 0.05) is 5.56 Å². The number of ether oxygens (including phenoxy) is 2. The first-order chi connectivity index (χ1) is 9.88. The fourth-order valence-corrected chi connectivity index (χ4v) is 2.25. The summed E-state index contributed by atoms with van der Waals surface area (Å²) in [4.78, 5) is 10.7. The molecule has 1 aromatic carbocycles. The maximum absolute atomic E-state index is 12.8. The predicted molar refractivity (Wildman–Crippen MR) is 64.6 cm³/mol. The van der Waals surface area contributed by atoms with Gasteiger partial charge in [0.2, 0.25) is 0 Å². The van der Waals surface area contributed by atoms with E-state index in [1.54, 1.807) is 0 Å². The van der Waals surface area contributed by atoms with Crippen molar-refractivity contribution in [1.29, 1.82) is 0 Å². The molecular formula is C14H14F3O4-. The molecule has 2 rings (SSSR count). The molecule has 1 fully saturated rings. The Balaban J connectivity index is 2.10. The van der Waals surface area contributed by atoms with E-state index >= 15 is 0 Å². The molecule has 0 N–H and O–H groups in total. The molecule has 4 nitrogen and oxygen atoms in total. The van der Waals surface area contributed by atoms with Crippen molar-refractivity contribution < 1.29 is 32.5 Å². The topological polar surface area (TPSA) is 58.6 Å². The molecule has 1 saturated carbocycles. The highest BCUT2D eigenvalue weighted by Crippen LogP contribution is 2.36. The second-order valence-corrected chi connectivity index (χ2v) is 4.83. The zero-order chi connectivity index (χ0) is 15.5. The Kier molecular flexibility index (Phi) is 4.72. The maximum atomic E-state index is 12.8. The van der Waals surface area contributed by atoms with Crippen LogP contribution in [0.1, 0.15) is 41.6 Å². The highest BCUT2D eigenvalue weighted by Gasteiger charge is 2.34. The van der Waals surface area contributed by atoms with Crippen molar-refractivity contribution in [2.24, 2.45) is 0 Å². The Morgan fingerprint density at radius 3 is 2.52 bits per heavy atom. The normalized spacial score (nSPS) is 16.1. The van der Waals surface area contributed by atoms with Crippen LogP contribution in [0.4, 0.5) is 13.2 Å². The third-order valence-corrected chi connectivity index (χ3v) is 3.34. The molecule has 21 heavy (non-hydrogen) atoms. The standard InChI is InChI=1S/C14H15F3O4/c15-14(16,17)11-6-5-9(13(18)19)7-12(11)21-8-20-10-3-1-2-4-10/h5-7,10H,1-4,8H2,(H,18,19)/p-1. The van der Waals surface area contributed by atoms with Crippen LogP contribution in [0.3, 0.4) is 0 Å². The molecular weight excluding hydrogens is 289 g/mol. The van der Waals surface area contributed by atoms with Gasteiger partial charge in [-0.3, -0.25) is 0 Å². The fourth-order valence-electron chi connectivity index (χ4n) is 2.25. The predicted octanol–water partition coefficient (Wildman–Crippen LogP) is 2.36. The van der Waals surface area contributed by atoms with Crippen LogP contribution in [0.5, 0.6) is 5.75 Å². The van der Waals surface area contributed by atoms with E-state index in [4.69, 9.17) is 9.47 Å². The zero-order valence-corrected chi connectivity index (χ0v) is 11.1. The van der Waals surface area contributed by atoms with Crippen molar-refractivity contribution in [3.63, 3.8) is 0 Å². The minimum atomic E-state index is -4.63. The molecule has 0 radical (unpaired) electrons. The molecule has 116 valence electrons. The second-order valence-electron chi connectivity index (χ2n) is 4.83. The minimum Gasteiger partial charge on any atom is -0.545 e. The van der Waals surface area contributed by atoms with Crippen molar-refractivity contribution >= 4 is 5.97 Å². The molecule has 0 spiro atoms. The summed E-state index contributed by atoms with van der Waals surface area (Å²) >= 11 is 0. The highest BCUT2D eigenvalue weighted by atomic mass is 19.4. The molecule has 0 unspecified atom stereocenters. The molecule has 0 bridgehead atoms. The van der Waals surface area contributed by atoms with Crippen LogP contribution in [-0.4, -0.2) is 18.9 Å². The third kappa shape index (κ3) is 4.10. The van der Waals surface area contributed by atoms with Gasteiger partial charge in [-0.1, -0.05) is 18.9 Å². The van der Waals surface area contributed by atoms with Gasteiger partial charge in [-0.15, -0.1) is 0 Å². The number of alkyl halides is 3. The first-order valence-electron chi connectivity index (χ1n) is 6.55. The van der Waals surface area contributed by atoms with Crippen LogP contribution in [0.2, 0.25) is 0 Å². The highest BCUT2D eigenvalue weighted by molar-refractivity contribution is 5.86. The number of carbonyl (C=O) groups excluding carboxylic acids is 1. The number of carboxylic acid groups (broad SMARTS) is 1. The third-order valence-electron chi connectivity index (χ3n) is 3.34. The van der Waals surface area contributed by atoms with Crippen molar-refractivity contribution in [3.05, 3.63) is 29.3 Å². The number of benzene rings is 1. The summed E-state index contributed by atoms with van der Waals surface area (Å²) in [6, 6.07) is 2.30. The van der Waals surface area contributed by atoms with E-state index in [2.05, 4.69) is 0 Å². The average molecular weight is 303 g/mol. The largest absolute Gasteiger partial charge is 0.545 e. The summed E-state index contributed by atoms with van der Waals surface area (Å²) in [5.41, 5.74) is -1.42. The van der Waals surface area contributed by atoms with Gasteiger partial charge in [-0.2, -0.15) is 13.2 Å². The number of aromatic carboxylic acids is 1. The Hall–Kier alpha value is -1.76. The van der Waals surface area contributed by atoms with E-state index in [1.807, 2.05) is 0 Å². The van der Waals surface area contributed by atoms with Crippen molar-refractivity contribution in [3.8, 4) is 5.75 Å². The number of hydrogen-bond acceptors (Lipinski definition) is 4. The molecule has 0 heterocycles. The minimum absolute atomic E-state index is 0.0105. The number of hydrogen-bond donors (Lipinski definition) is 0. The van der Waals surface area contributed by atoms with E-state index in [-0.39, 0.29) is 18.5 Å². The molecule has 0 amide bonds. The fraction of sp³-hybridized carbons (Fsp3) is 0.500. The van der Waals surface area contributed by atoms with Crippen LogP contribution >= 0.6 is 0 Å². The second kappa shape index (κ2) is 6.34. The van der Waals surface area contributed by atoms with E-state index in [1.165, 1.54) is 0 Å². The summed E-state index contributed by atoms with van der Waals surface area (Å²) in [6.07, 6.45) is -0.878. The lowest BCUT2D eigenvalue weighted by Crippen LogP contribution is -2.23. The molecule has 0 aromatic heterocycles. The molecule has 0 aliphatic heterocycles. The van der Waals surface area contributed by atoms with Crippen molar-refractivity contribution in [2.45, 2.75) is 38.0 Å². The molecule has 1 aliphatic carbocycles. The zero-order valence-electron chi connectivity index (χ0n) is 11.1. The SMILES string of the molecule is O=C([O-])c1ccc(C(F)(F)F)c(OCOC2CCCC2)c1. The Labute approximate surface area is 119 Å². The van der Waals surface area contributed by atoms with Crippen LogP contribution < -0.4 is 9.84 Å². The van der Waals surface area contributed by atoms with Gasteiger partial charge >= 0.3 is 6.18 Å². The van der Waals surface area contributed by atoms with E-state index in [0.717, 1.165) is 37.8 Å². The molecule has 0 saturated heterocycles. The molecule has 1 aromatic rings. The van der Waals surface area contributed by atoms with Gasteiger partial charge in [0.1, 0.15) is 5.75 Å². The van der Waals surface area contributed by atoms with E-state index < -0.39 is 23.5 Å². The molecule has 1 aliphatic rings. The van der Waals surface area contributed by atoms with Crippen LogP contribution in [0, 0.1) is 0 Å². The maximum Gasteiger partial charge on any atom is 0.419 e. The lowest BCUT2D eigenvalue weighted by Gasteiger charge is -2.17. The lowest BCUT2D eigenvalue weighted by molar-refractivity contribution is -0.255. The first-order valence-corrected chi connectivity index (χ1v) is 6.55. The van der Waals surface area contributed by atoms with Gasteiger partial charge in [-0.05, 0) is 25.0 Å². The Morgan fingerprint density at radius 1 is 1.29 bits per heavy atom. The Bertz CT molecular complexity index is 507. The number of carbonyl (C=O) groups is 1. The smallest absolute Gasteiger partial charge is 0.419 e. The van der Waals surface area contributed by atoms with E-state index in [9.17, 15) is 23.1 Å². The first kappa shape index (κ1) is 15.6. The summed E-state index contributed by atoms with van der Waals surface area (Å²) in [7, 11) is 0. The van der Waals surface area contributed by atoms with Gasteiger partial charge in [0.05, 0.1) is 17.6 Å². The number of carboxylic acids is 1. The summed E-state index contributed by atoms with van der Waals surface area (Å²) in [6.45, 7) is -0.343. The van der Waals surface area contributed by atoms with Gasteiger partial charge < -0.3 is 19.4 Å². The van der Waals surface area contributed by atoms with Crippen molar-refractivity contribution in [2.75, 3.05) is 6.79 Å². The van der Waals surface area contributed by atoms with Gasteiger partial charge in [0.15, 0.2) is 6.79 Å². The van der Waals surface area contributed by atoms with Crippen LogP contribution in [0.15, 0.2) is 18.2 Å². The average Bonchev–Trinajstić information content (AvgIpc) is 2.90. The van der Waals surface area contributed by atoms with Gasteiger partial charge in [0.25, 0.3) is 0 Å². The molecule has 0 atom stereocenters. The quantitative estimate of drug-likeness (QED) is 0.784. The lowest BCUT2D eigenvalue weighted by atomic mass is 10.1. The number of rotatable bonds is 5.